The Hall–Kier alpha value is -0.720. The molecule has 1 atom stereocenters. The summed E-state index contributed by atoms with van der Waals surface area (Å²) in [5, 5.41) is 0. The Kier molecular flexibility index (Phi) is 3.21. The summed E-state index contributed by atoms with van der Waals surface area (Å²) in [6, 6.07) is 0.639. The molecule has 0 spiro atoms. The lowest BCUT2D eigenvalue weighted by atomic mass is 10.1. The summed E-state index contributed by atoms with van der Waals surface area (Å²) in [6.07, 6.45) is 12.5. The fraction of sp³-hybridized carbons (Fsp3) is 0.600. The molecule has 1 unspecified atom stereocenters. The lowest BCUT2D eigenvalue weighted by Crippen LogP contribution is -2.26. The van der Waals surface area contributed by atoms with Gasteiger partial charge in [-0.25, -0.2) is 0 Å². The average molecular weight is 151 g/mol. The van der Waals surface area contributed by atoms with Crippen molar-refractivity contribution in [2.75, 3.05) is 7.05 Å². The molecule has 0 aromatic carbocycles. The quantitative estimate of drug-likeness (QED) is 0.599. The Morgan fingerprint density at radius 2 is 2.18 bits per heavy atom. The monoisotopic (exact) mass is 151 g/mol. The Balaban J connectivity index is 2.33. The van der Waals surface area contributed by atoms with Crippen molar-refractivity contribution in [3.63, 3.8) is 0 Å². The van der Waals surface area contributed by atoms with E-state index in [0.717, 1.165) is 0 Å². The third kappa shape index (κ3) is 2.41. The molecule has 0 aromatic heterocycles. The van der Waals surface area contributed by atoms with Crippen LogP contribution in [-0.4, -0.2) is 18.0 Å². The van der Waals surface area contributed by atoms with E-state index in [1.165, 1.54) is 19.3 Å². The number of hydrogen-bond acceptors (Lipinski definition) is 1. The van der Waals surface area contributed by atoms with Gasteiger partial charge in [-0.05, 0) is 18.7 Å². The number of unbranched alkanes of at least 4 members (excludes halogenated alkanes) is 1. The molecule has 1 nitrogen and oxygen atoms in total. The second-order valence-corrected chi connectivity index (χ2v) is 3.10. The minimum absolute atomic E-state index is 0.639. The maximum atomic E-state index is 2.27. The Morgan fingerprint density at radius 1 is 1.36 bits per heavy atom. The standard InChI is InChI=1S/C10H17N/c1-3-4-7-10-8-5-6-9-11(10)2/h5-6,8-10H,3-4,7H2,1-2H3. The minimum Gasteiger partial charge on any atom is -0.374 e. The maximum absolute atomic E-state index is 2.27. The molecule has 11 heavy (non-hydrogen) atoms. The summed E-state index contributed by atoms with van der Waals surface area (Å²) < 4.78 is 0. The molecule has 0 N–H and O–H groups in total. The fourth-order valence-corrected chi connectivity index (χ4v) is 1.34. The van der Waals surface area contributed by atoms with Gasteiger partial charge in [-0.15, -0.1) is 0 Å². The molecule has 0 bridgehead atoms. The molecule has 0 aromatic rings. The molecular weight excluding hydrogens is 134 g/mol. The van der Waals surface area contributed by atoms with Gasteiger partial charge in [-0.3, -0.25) is 0 Å². The summed E-state index contributed by atoms with van der Waals surface area (Å²) in [5.74, 6) is 0. The van der Waals surface area contributed by atoms with Crippen LogP contribution in [0.2, 0.25) is 0 Å². The molecule has 0 saturated heterocycles. The van der Waals surface area contributed by atoms with Crippen LogP contribution in [0.15, 0.2) is 24.4 Å². The van der Waals surface area contributed by atoms with Crippen molar-refractivity contribution in [1.82, 2.24) is 4.90 Å². The van der Waals surface area contributed by atoms with Crippen LogP contribution < -0.4 is 0 Å². The van der Waals surface area contributed by atoms with E-state index in [-0.39, 0.29) is 0 Å². The van der Waals surface area contributed by atoms with Gasteiger partial charge < -0.3 is 4.90 Å². The number of likely N-dealkylation sites (N-methyl/N-ethyl adjacent to an activating group) is 1. The molecule has 1 aliphatic heterocycles. The highest BCUT2D eigenvalue weighted by atomic mass is 15.1. The van der Waals surface area contributed by atoms with E-state index in [2.05, 4.69) is 43.3 Å². The van der Waals surface area contributed by atoms with Crippen LogP contribution in [0, 0.1) is 0 Å². The highest BCUT2D eigenvalue weighted by molar-refractivity contribution is 5.12. The van der Waals surface area contributed by atoms with E-state index >= 15 is 0 Å². The molecule has 0 saturated carbocycles. The number of allylic oxidation sites excluding steroid dienone is 2. The molecular formula is C10H17N. The first-order valence-corrected chi connectivity index (χ1v) is 4.41. The lowest BCUT2D eigenvalue weighted by molar-refractivity contribution is 0.354. The molecule has 1 heteroatoms. The Morgan fingerprint density at radius 3 is 2.82 bits per heavy atom. The first kappa shape index (κ1) is 8.38. The number of nitrogens with zero attached hydrogens (tertiary/aromatic N) is 1. The zero-order valence-corrected chi connectivity index (χ0v) is 7.46. The maximum Gasteiger partial charge on any atom is 0.0467 e. The predicted molar refractivity (Wildman–Crippen MR) is 49.4 cm³/mol. The topological polar surface area (TPSA) is 3.24 Å². The number of hydrogen-bond donors (Lipinski definition) is 0. The van der Waals surface area contributed by atoms with E-state index in [1.54, 1.807) is 0 Å². The lowest BCUT2D eigenvalue weighted by Gasteiger charge is -2.25. The van der Waals surface area contributed by atoms with E-state index in [9.17, 15) is 0 Å². The van der Waals surface area contributed by atoms with Crippen LogP contribution in [0.3, 0.4) is 0 Å². The van der Waals surface area contributed by atoms with Crippen LogP contribution in [0.1, 0.15) is 26.2 Å². The first-order valence-electron chi connectivity index (χ1n) is 4.41. The molecule has 0 fully saturated rings. The number of rotatable bonds is 3. The van der Waals surface area contributed by atoms with Crippen molar-refractivity contribution in [2.24, 2.45) is 0 Å². The Bertz CT molecular complexity index is 158. The van der Waals surface area contributed by atoms with Gasteiger partial charge >= 0.3 is 0 Å². The fourth-order valence-electron chi connectivity index (χ4n) is 1.34. The second kappa shape index (κ2) is 4.22. The van der Waals surface area contributed by atoms with Crippen LogP contribution in [0.25, 0.3) is 0 Å². The summed E-state index contributed by atoms with van der Waals surface area (Å²) in [7, 11) is 2.14. The van der Waals surface area contributed by atoms with Gasteiger partial charge in [-0.1, -0.05) is 31.9 Å². The normalized spacial score (nSPS) is 22.7. The first-order chi connectivity index (χ1) is 5.34. The van der Waals surface area contributed by atoms with Crippen LogP contribution in [0.5, 0.6) is 0 Å². The van der Waals surface area contributed by atoms with Crippen molar-refractivity contribution in [3.05, 3.63) is 24.4 Å². The molecule has 62 valence electrons. The minimum atomic E-state index is 0.639. The van der Waals surface area contributed by atoms with Crippen molar-refractivity contribution < 1.29 is 0 Å². The van der Waals surface area contributed by atoms with Gasteiger partial charge in [0.05, 0.1) is 0 Å². The summed E-state index contributed by atoms with van der Waals surface area (Å²) in [5.41, 5.74) is 0. The summed E-state index contributed by atoms with van der Waals surface area (Å²) >= 11 is 0. The molecule has 0 aliphatic carbocycles. The summed E-state index contributed by atoms with van der Waals surface area (Å²) in [6.45, 7) is 2.24. The van der Waals surface area contributed by atoms with Crippen LogP contribution >= 0.6 is 0 Å². The van der Waals surface area contributed by atoms with Crippen molar-refractivity contribution in [2.45, 2.75) is 32.2 Å². The van der Waals surface area contributed by atoms with Gasteiger partial charge in [0.25, 0.3) is 0 Å². The summed E-state index contributed by atoms with van der Waals surface area (Å²) in [4.78, 5) is 2.27. The Labute approximate surface area is 69.4 Å². The SMILES string of the molecule is CCCCC1C=CC=CN1C. The van der Waals surface area contributed by atoms with E-state index in [4.69, 9.17) is 0 Å². The van der Waals surface area contributed by atoms with E-state index in [1.807, 2.05) is 0 Å². The second-order valence-electron chi connectivity index (χ2n) is 3.10. The van der Waals surface area contributed by atoms with Crippen LogP contribution in [-0.2, 0) is 0 Å². The van der Waals surface area contributed by atoms with Crippen LogP contribution in [0.4, 0.5) is 0 Å². The molecule has 1 heterocycles. The van der Waals surface area contributed by atoms with Gasteiger partial charge in [-0.2, -0.15) is 0 Å². The van der Waals surface area contributed by atoms with Crippen molar-refractivity contribution in [3.8, 4) is 0 Å². The van der Waals surface area contributed by atoms with Crippen molar-refractivity contribution >= 4 is 0 Å². The molecule has 1 aliphatic rings. The largest absolute Gasteiger partial charge is 0.374 e. The van der Waals surface area contributed by atoms with E-state index in [0.29, 0.717) is 6.04 Å². The zero-order valence-electron chi connectivity index (χ0n) is 7.46. The average Bonchev–Trinajstić information content (AvgIpc) is 2.03. The third-order valence-electron chi connectivity index (χ3n) is 2.14. The highest BCUT2D eigenvalue weighted by Gasteiger charge is 2.08. The van der Waals surface area contributed by atoms with Crippen molar-refractivity contribution in [1.29, 1.82) is 0 Å². The highest BCUT2D eigenvalue weighted by Crippen LogP contribution is 2.12. The zero-order chi connectivity index (χ0) is 8.10. The van der Waals surface area contributed by atoms with Gasteiger partial charge in [0.2, 0.25) is 0 Å². The molecule has 0 radical (unpaired) electrons. The third-order valence-corrected chi connectivity index (χ3v) is 2.14. The molecule has 1 rings (SSSR count). The van der Waals surface area contributed by atoms with Gasteiger partial charge in [0.15, 0.2) is 0 Å². The predicted octanol–water partition coefficient (Wildman–Crippen LogP) is 2.56. The van der Waals surface area contributed by atoms with E-state index < -0.39 is 0 Å². The van der Waals surface area contributed by atoms with Gasteiger partial charge in [0, 0.05) is 13.1 Å². The van der Waals surface area contributed by atoms with Gasteiger partial charge in [0.1, 0.15) is 0 Å². The molecule has 0 amide bonds. The smallest absolute Gasteiger partial charge is 0.0467 e.